The molecular weight excluding hydrogens is 499 g/mol. The molecule has 1 aliphatic rings. The van der Waals surface area contributed by atoms with E-state index < -0.39 is 0 Å². The van der Waals surface area contributed by atoms with E-state index in [0.29, 0.717) is 27.4 Å². The van der Waals surface area contributed by atoms with Crippen molar-refractivity contribution >= 4 is 62.9 Å². The van der Waals surface area contributed by atoms with Gasteiger partial charge in [-0.25, -0.2) is 9.97 Å². The molecule has 10 heteroatoms. The average Bonchev–Trinajstić information content (AvgIpc) is 3.37. The van der Waals surface area contributed by atoms with Crippen LogP contribution >= 0.6 is 46.6 Å². The molecule has 6 nitrogen and oxygen atoms in total. The second-order valence-corrected chi connectivity index (χ2v) is 9.86. The number of H-pyrrole nitrogens is 1. The van der Waals surface area contributed by atoms with Crippen molar-refractivity contribution in [2.45, 2.75) is 24.8 Å². The number of nitrogens with zero attached hydrogens (tertiary/aromatic N) is 5. The number of hydrogen-bond donors (Lipinski definition) is 1. The van der Waals surface area contributed by atoms with Gasteiger partial charge in [0, 0.05) is 28.5 Å². The fraction of sp³-hybridized carbons (Fsp3) is 0.217. The monoisotopic (exact) mass is 516 g/mol. The summed E-state index contributed by atoms with van der Waals surface area (Å²) in [6, 6.07) is 15.3. The minimum absolute atomic E-state index is 0.0758. The van der Waals surface area contributed by atoms with Gasteiger partial charge in [0.1, 0.15) is 11.0 Å². The van der Waals surface area contributed by atoms with Crippen molar-refractivity contribution in [2.24, 2.45) is 4.99 Å². The van der Waals surface area contributed by atoms with Gasteiger partial charge >= 0.3 is 0 Å². The van der Waals surface area contributed by atoms with Crippen molar-refractivity contribution in [3.8, 4) is 0 Å². The van der Waals surface area contributed by atoms with Crippen LogP contribution in [0.5, 0.6) is 0 Å². The summed E-state index contributed by atoms with van der Waals surface area (Å²) in [6.07, 6.45) is 2.54. The van der Waals surface area contributed by atoms with E-state index in [-0.39, 0.29) is 6.04 Å². The fourth-order valence-electron chi connectivity index (χ4n) is 3.72. The Balaban J connectivity index is 1.35. The minimum Gasteiger partial charge on any atom is -0.342 e. The number of aliphatic imine (C=N–C) groups is 1. The Hall–Kier alpha value is -2.32. The molecular formula is C23H19Cl3N6S. The van der Waals surface area contributed by atoms with Crippen LogP contribution in [0.4, 0.5) is 0 Å². The zero-order valence-electron chi connectivity index (χ0n) is 17.4. The summed E-state index contributed by atoms with van der Waals surface area (Å²) in [5.74, 6) is 1.55. The SMILES string of the molecule is Clc1ccc(CC2CN(Cc3nc4nc(Cl)ccc4[nH]3)C(SCc3ccccn3)=N2)c(Cl)c1. The number of benzene rings is 1. The molecule has 0 saturated heterocycles. The van der Waals surface area contributed by atoms with Gasteiger partial charge in [-0.15, -0.1) is 0 Å². The highest BCUT2D eigenvalue weighted by molar-refractivity contribution is 8.13. The predicted octanol–water partition coefficient (Wildman–Crippen LogP) is 6.03. The molecule has 1 aromatic carbocycles. The largest absolute Gasteiger partial charge is 0.342 e. The highest BCUT2D eigenvalue weighted by Gasteiger charge is 2.27. The zero-order valence-corrected chi connectivity index (χ0v) is 20.5. The Bertz CT molecular complexity index is 1310. The van der Waals surface area contributed by atoms with Crippen LogP contribution in [0.1, 0.15) is 17.1 Å². The number of imidazole rings is 1. The van der Waals surface area contributed by atoms with Crippen LogP contribution < -0.4 is 0 Å². The Labute approximate surface area is 210 Å². The lowest BCUT2D eigenvalue weighted by molar-refractivity contribution is 0.412. The van der Waals surface area contributed by atoms with E-state index in [0.717, 1.165) is 46.5 Å². The van der Waals surface area contributed by atoms with E-state index in [1.54, 1.807) is 23.9 Å². The van der Waals surface area contributed by atoms with Gasteiger partial charge < -0.3 is 9.88 Å². The predicted molar refractivity (Wildman–Crippen MR) is 136 cm³/mol. The molecule has 0 spiro atoms. The van der Waals surface area contributed by atoms with E-state index >= 15 is 0 Å². The number of nitrogens with one attached hydrogen (secondary N) is 1. The van der Waals surface area contributed by atoms with Gasteiger partial charge in [0.25, 0.3) is 0 Å². The summed E-state index contributed by atoms with van der Waals surface area (Å²) in [7, 11) is 0. The molecule has 168 valence electrons. The zero-order chi connectivity index (χ0) is 22.8. The second-order valence-electron chi connectivity index (χ2n) is 7.68. The van der Waals surface area contributed by atoms with Gasteiger partial charge in [-0.2, -0.15) is 0 Å². The number of fused-ring (bicyclic) bond motifs is 1. The standard InChI is InChI=1S/C23H19Cl3N6S/c24-15-5-4-14(18(25)10-15)9-17-11-32(23(28-17)33-13-16-3-1-2-8-27-16)12-21-29-19-6-7-20(26)30-22(19)31-21/h1-8,10,17H,9,11-13H2,(H,29,30,31). The number of halogens is 3. The van der Waals surface area contributed by atoms with Crippen molar-refractivity contribution in [3.63, 3.8) is 0 Å². The molecule has 1 unspecified atom stereocenters. The molecule has 0 amide bonds. The van der Waals surface area contributed by atoms with Crippen molar-refractivity contribution in [3.05, 3.63) is 87.0 Å². The van der Waals surface area contributed by atoms with E-state index in [1.165, 1.54) is 0 Å². The quantitative estimate of drug-likeness (QED) is 0.316. The summed E-state index contributed by atoms with van der Waals surface area (Å²) >= 11 is 20.2. The maximum atomic E-state index is 6.42. The van der Waals surface area contributed by atoms with Gasteiger partial charge in [0.05, 0.1) is 23.8 Å². The molecule has 1 atom stereocenters. The minimum atomic E-state index is 0.0758. The smallest absolute Gasteiger partial charge is 0.179 e. The van der Waals surface area contributed by atoms with Gasteiger partial charge in [-0.3, -0.25) is 9.98 Å². The molecule has 0 bridgehead atoms. The average molecular weight is 518 g/mol. The topological polar surface area (TPSA) is 70.1 Å². The molecule has 1 aliphatic heterocycles. The number of pyridine rings is 2. The van der Waals surface area contributed by atoms with Gasteiger partial charge in [-0.05, 0) is 48.4 Å². The highest BCUT2D eigenvalue weighted by Crippen LogP contribution is 2.28. The molecule has 33 heavy (non-hydrogen) atoms. The summed E-state index contributed by atoms with van der Waals surface area (Å²) in [5, 5.41) is 2.68. The molecule has 4 heterocycles. The summed E-state index contributed by atoms with van der Waals surface area (Å²) in [4.78, 5) is 23.9. The van der Waals surface area contributed by atoms with Crippen LogP contribution in [-0.2, 0) is 18.7 Å². The van der Waals surface area contributed by atoms with Crippen molar-refractivity contribution in [2.75, 3.05) is 6.54 Å². The van der Waals surface area contributed by atoms with E-state index in [9.17, 15) is 0 Å². The first-order chi connectivity index (χ1) is 16.0. The lowest BCUT2D eigenvalue weighted by atomic mass is 10.1. The van der Waals surface area contributed by atoms with E-state index in [4.69, 9.17) is 39.8 Å². The molecule has 4 aromatic rings. The number of rotatable bonds is 6. The lowest BCUT2D eigenvalue weighted by Crippen LogP contribution is -2.28. The van der Waals surface area contributed by atoms with Crippen molar-refractivity contribution < 1.29 is 0 Å². The van der Waals surface area contributed by atoms with Crippen LogP contribution in [0.15, 0.2) is 59.7 Å². The molecule has 0 radical (unpaired) electrons. The Morgan fingerprint density at radius 3 is 2.79 bits per heavy atom. The van der Waals surface area contributed by atoms with Crippen LogP contribution in [-0.4, -0.2) is 42.6 Å². The molecule has 0 aliphatic carbocycles. The highest BCUT2D eigenvalue weighted by atomic mass is 35.5. The van der Waals surface area contributed by atoms with E-state index in [1.807, 2.05) is 42.6 Å². The first-order valence-electron chi connectivity index (χ1n) is 10.3. The molecule has 5 rings (SSSR count). The summed E-state index contributed by atoms with van der Waals surface area (Å²) < 4.78 is 0. The third-order valence-electron chi connectivity index (χ3n) is 5.24. The maximum Gasteiger partial charge on any atom is 0.179 e. The van der Waals surface area contributed by atoms with Gasteiger partial charge in [0.15, 0.2) is 10.8 Å². The van der Waals surface area contributed by atoms with Gasteiger partial charge in [-0.1, -0.05) is 58.7 Å². The third kappa shape index (κ3) is 5.44. The Kier molecular flexibility index (Phi) is 6.74. The summed E-state index contributed by atoms with van der Waals surface area (Å²) in [6.45, 7) is 1.35. The second kappa shape index (κ2) is 9.89. The van der Waals surface area contributed by atoms with Crippen LogP contribution in [0.2, 0.25) is 15.2 Å². The Morgan fingerprint density at radius 2 is 1.97 bits per heavy atom. The van der Waals surface area contributed by atoms with E-state index in [2.05, 4.69) is 24.8 Å². The van der Waals surface area contributed by atoms with Gasteiger partial charge in [0.2, 0.25) is 0 Å². The first-order valence-corrected chi connectivity index (χ1v) is 12.5. The molecule has 3 aromatic heterocycles. The normalized spacial score (nSPS) is 15.9. The molecule has 1 N–H and O–H groups in total. The number of aromatic nitrogens is 4. The van der Waals surface area contributed by atoms with Crippen molar-refractivity contribution in [1.29, 1.82) is 0 Å². The molecule has 0 fully saturated rings. The number of aromatic amines is 1. The van der Waals surface area contributed by atoms with Crippen molar-refractivity contribution in [1.82, 2.24) is 24.8 Å². The summed E-state index contributed by atoms with van der Waals surface area (Å²) in [5.41, 5.74) is 3.52. The maximum absolute atomic E-state index is 6.42. The number of thioether (sulfide) groups is 1. The number of hydrogen-bond acceptors (Lipinski definition) is 6. The third-order valence-corrected chi connectivity index (χ3v) is 7.10. The first kappa shape index (κ1) is 22.5. The van der Waals surface area contributed by atoms with Crippen LogP contribution in [0.3, 0.4) is 0 Å². The van der Waals surface area contributed by atoms with Crippen LogP contribution in [0, 0.1) is 0 Å². The Morgan fingerprint density at radius 1 is 1.06 bits per heavy atom. The lowest BCUT2D eigenvalue weighted by Gasteiger charge is -2.19. The molecule has 0 saturated carbocycles. The van der Waals surface area contributed by atoms with Crippen LogP contribution in [0.25, 0.3) is 11.2 Å². The number of amidine groups is 1. The fourth-order valence-corrected chi connectivity index (χ4v) is 5.34.